The molecule has 0 radical (unpaired) electrons. The number of alkyl halides is 1. The Balaban J connectivity index is 1.55. The first-order valence-electron chi connectivity index (χ1n) is 13.6. The lowest BCUT2D eigenvalue weighted by molar-refractivity contribution is 0.0952. The molecule has 2 saturated heterocycles. The highest BCUT2D eigenvalue weighted by Gasteiger charge is 2.55. The molecular formula is C26H37FN8O3. The van der Waals surface area contributed by atoms with Crippen LogP contribution in [0.2, 0.25) is 0 Å². The van der Waals surface area contributed by atoms with Crippen molar-refractivity contribution < 1.29 is 18.7 Å². The minimum Gasteiger partial charge on any atom is -0.467 e. The van der Waals surface area contributed by atoms with Crippen LogP contribution in [0.1, 0.15) is 76.3 Å². The molecule has 4 atom stereocenters. The summed E-state index contributed by atoms with van der Waals surface area (Å²) < 4.78 is 28.0. The van der Waals surface area contributed by atoms with Crippen molar-refractivity contribution in [3.63, 3.8) is 0 Å². The normalized spacial score (nSPS) is 28.9. The molecule has 2 aromatic heterocycles. The molecule has 1 amide bonds. The quantitative estimate of drug-likeness (QED) is 0.505. The number of halogens is 1. The maximum absolute atomic E-state index is 14.9. The number of hydrogen-bond donors (Lipinski definition) is 3. The number of methoxy groups -OCH3 is 2. The second-order valence-corrected chi connectivity index (χ2v) is 10.8. The van der Waals surface area contributed by atoms with Gasteiger partial charge in [0.05, 0.1) is 36.8 Å². The van der Waals surface area contributed by atoms with Crippen LogP contribution in [0.15, 0.2) is 0 Å². The van der Waals surface area contributed by atoms with Crippen LogP contribution in [0.5, 0.6) is 6.01 Å². The van der Waals surface area contributed by atoms with Crippen molar-refractivity contribution in [2.75, 3.05) is 47.4 Å². The van der Waals surface area contributed by atoms with Gasteiger partial charge in [-0.3, -0.25) is 14.4 Å². The molecule has 12 heteroatoms. The number of ether oxygens (including phenoxy) is 2. The van der Waals surface area contributed by atoms with Gasteiger partial charge in [-0.2, -0.15) is 15.1 Å². The summed E-state index contributed by atoms with van der Waals surface area (Å²) in [6.07, 6.45) is 2.56. The van der Waals surface area contributed by atoms with Crippen molar-refractivity contribution in [1.29, 1.82) is 0 Å². The van der Waals surface area contributed by atoms with E-state index in [-0.39, 0.29) is 30.0 Å². The maximum atomic E-state index is 14.9. The van der Waals surface area contributed by atoms with E-state index in [1.165, 1.54) is 0 Å². The molecule has 0 aliphatic carbocycles. The number of carbonyl (C=O) groups excluding carboxylic acids is 1. The number of fused-ring (bicyclic) bond motifs is 3. The van der Waals surface area contributed by atoms with E-state index in [2.05, 4.69) is 20.9 Å². The molecule has 6 heterocycles. The van der Waals surface area contributed by atoms with Crippen LogP contribution in [0, 0.1) is 0 Å². The number of hydrogen-bond acceptors (Lipinski definition) is 9. The topological polar surface area (TPSA) is 118 Å². The molecule has 3 N–H and O–H groups in total. The van der Waals surface area contributed by atoms with Crippen LogP contribution in [-0.2, 0) is 24.4 Å². The molecule has 4 aliphatic heterocycles. The van der Waals surface area contributed by atoms with E-state index in [0.717, 1.165) is 67.1 Å². The molecule has 2 aromatic rings. The molecule has 0 aromatic carbocycles. The highest BCUT2D eigenvalue weighted by atomic mass is 19.1. The summed E-state index contributed by atoms with van der Waals surface area (Å²) in [7, 11) is 4.80. The molecule has 0 saturated carbocycles. The van der Waals surface area contributed by atoms with Crippen LogP contribution in [0.25, 0.3) is 0 Å². The van der Waals surface area contributed by atoms with Crippen molar-refractivity contribution in [2.45, 2.75) is 69.1 Å². The van der Waals surface area contributed by atoms with Crippen molar-refractivity contribution in [1.82, 2.24) is 40.6 Å². The van der Waals surface area contributed by atoms with Gasteiger partial charge in [-0.25, -0.2) is 4.39 Å². The summed E-state index contributed by atoms with van der Waals surface area (Å²) in [5.74, 6) is -0.220. The third-order valence-electron chi connectivity index (χ3n) is 8.78. The van der Waals surface area contributed by atoms with Crippen molar-refractivity contribution in [3.05, 3.63) is 33.9 Å². The smallest absolute Gasteiger partial charge is 0.316 e. The van der Waals surface area contributed by atoms with Crippen LogP contribution in [0.4, 0.5) is 4.39 Å². The number of nitrogens with zero attached hydrogens (tertiary/aromatic N) is 5. The summed E-state index contributed by atoms with van der Waals surface area (Å²) in [6.45, 7) is 4.40. The number of aryl methyl sites for hydroxylation is 1. The number of rotatable bonds is 6. The average Bonchev–Trinajstić information content (AvgIpc) is 3.53. The zero-order valence-electron chi connectivity index (χ0n) is 22.3. The van der Waals surface area contributed by atoms with E-state index in [4.69, 9.17) is 24.5 Å². The average molecular weight is 529 g/mol. The molecule has 6 rings (SSSR count). The fourth-order valence-electron chi connectivity index (χ4n) is 7.31. The van der Waals surface area contributed by atoms with Gasteiger partial charge in [0.2, 0.25) is 0 Å². The van der Waals surface area contributed by atoms with Gasteiger partial charge >= 0.3 is 6.01 Å². The summed E-state index contributed by atoms with van der Waals surface area (Å²) in [5, 5.41) is 14.7. The van der Waals surface area contributed by atoms with Crippen LogP contribution in [-0.4, -0.2) is 89.7 Å². The molecule has 0 bridgehead atoms. The lowest BCUT2D eigenvalue weighted by Gasteiger charge is -2.43. The zero-order chi connectivity index (χ0) is 26.4. The largest absolute Gasteiger partial charge is 0.467 e. The molecule has 2 unspecified atom stereocenters. The van der Waals surface area contributed by atoms with E-state index >= 15 is 0 Å². The SMILES string of the molecule is CNC(=O)c1nn2c(c1COC)C(c1nc(OC)nc3c1C([C@@]14CCCN1C[C@H](F)C4)CNC3)NCCC2. The lowest BCUT2D eigenvalue weighted by atomic mass is 9.73. The molecule has 0 spiro atoms. The van der Waals surface area contributed by atoms with E-state index in [0.29, 0.717) is 37.8 Å². The number of carbonyl (C=O) groups is 1. The first-order chi connectivity index (χ1) is 18.5. The Morgan fingerprint density at radius 1 is 1.26 bits per heavy atom. The monoisotopic (exact) mass is 528 g/mol. The summed E-state index contributed by atoms with van der Waals surface area (Å²) in [5.41, 5.74) is 4.51. The minimum atomic E-state index is -0.829. The van der Waals surface area contributed by atoms with Crippen LogP contribution in [0.3, 0.4) is 0 Å². The molecule has 206 valence electrons. The number of amides is 1. The third-order valence-corrected chi connectivity index (χ3v) is 8.78. The highest BCUT2D eigenvalue weighted by Crippen LogP contribution is 2.51. The second kappa shape index (κ2) is 10.1. The molecule has 38 heavy (non-hydrogen) atoms. The van der Waals surface area contributed by atoms with E-state index in [1.807, 2.05) is 4.68 Å². The summed E-state index contributed by atoms with van der Waals surface area (Å²) >= 11 is 0. The molecule has 2 fully saturated rings. The number of nitrogens with one attached hydrogen (secondary N) is 3. The lowest BCUT2D eigenvalue weighted by Crippen LogP contribution is -2.50. The van der Waals surface area contributed by atoms with Gasteiger partial charge in [-0.15, -0.1) is 0 Å². The Morgan fingerprint density at radius 2 is 2.13 bits per heavy atom. The van der Waals surface area contributed by atoms with E-state index in [1.54, 1.807) is 21.3 Å². The van der Waals surface area contributed by atoms with Crippen molar-refractivity contribution in [3.8, 4) is 6.01 Å². The Hall–Kier alpha value is -2.67. The first-order valence-corrected chi connectivity index (χ1v) is 13.6. The van der Waals surface area contributed by atoms with Gasteiger partial charge in [0, 0.05) is 62.9 Å². The van der Waals surface area contributed by atoms with Crippen LogP contribution < -0.4 is 20.7 Å². The maximum Gasteiger partial charge on any atom is 0.316 e. The van der Waals surface area contributed by atoms with E-state index < -0.39 is 6.17 Å². The molecular weight excluding hydrogens is 491 g/mol. The van der Waals surface area contributed by atoms with Crippen LogP contribution >= 0.6 is 0 Å². The van der Waals surface area contributed by atoms with Gasteiger partial charge in [-0.05, 0) is 38.8 Å². The van der Waals surface area contributed by atoms with Crippen molar-refractivity contribution >= 4 is 5.91 Å². The Labute approximate surface area is 221 Å². The molecule has 4 aliphatic rings. The first kappa shape index (κ1) is 25.6. The van der Waals surface area contributed by atoms with Gasteiger partial charge in [0.1, 0.15) is 6.17 Å². The Kier molecular flexibility index (Phi) is 6.83. The standard InChI is InChI=1S/C26H37FN8O3/c1-28-24(36)20-16(14-37-2)23-22(30-7-5-9-35(23)33-20)21-19-17(11-29-12-18(19)31-25(32-21)38-3)26-6-4-8-34(26)13-15(27)10-26/h15,17,22,29-30H,4-14H2,1-3H3,(H,28,36)/t15-,17?,22?,26+/m1/s1. The Bertz CT molecular complexity index is 1220. The van der Waals surface area contributed by atoms with Gasteiger partial charge in [0.15, 0.2) is 5.69 Å². The highest BCUT2D eigenvalue weighted by molar-refractivity contribution is 5.93. The van der Waals surface area contributed by atoms with Gasteiger partial charge in [-0.1, -0.05) is 0 Å². The summed E-state index contributed by atoms with van der Waals surface area (Å²) in [4.78, 5) is 24.9. The predicted octanol–water partition coefficient (Wildman–Crippen LogP) is 1.03. The van der Waals surface area contributed by atoms with Crippen molar-refractivity contribution in [2.24, 2.45) is 0 Å². The van der Waals surface area contributed by atoms with E-state index in [9.17, 15) is 9.18 Å². The summed E-state index contributed by atoms with van der Waals surface area (Å²) in [6, 6.07) is -0.0534. The van der Waals surface area contributed by atoms with Gasteiger partial charge in [0.25, 0.3) is 5.91 Å². The molecule has 11 nitrogen and oxygen atoms in total. The predicted molar refractivity (Wildman–Crippen MR) is 137 cm³/mol. The minimum absolute atomic E-state index is 0.0288. The second-order valence-electron chi connectivity index (χ2n) is 10.8. The fraction of sp³-hybridized carbons (Fsp3) is 0.692. The third kappa shape index (κ3) is 4.00. The number of aromatic nitrogens is 4. The zero-order valence-corrected chi connectivity index (χ0v) is 22.3. The Morgan fingerprint density at radius 3 is 2.92 bits per heavy atom. The van der Waals surface area contributed by atoms with Gasteiger partial charge < -0.3 is 25.4 Å². The fourth-order valence-corrected chi connectivity index (χ4v) is 7.31.